The zero-order valence-electron chi connectivity index (χ0n) is 18.0. The molecule has 2 heterocycles. The molecule has 2 N–H and O–H groups in total. The zero-order chi connectivity index (χ0) is 22.6. The minimum absolute atomic E-state index is 0.155. The van der Waals surface area contributed by atoms with Crippen molar-refractivity contribution in [1.29, 1.82) is 0 Å². The highest BCUT2D eigenvalue weighted by Gasteiger charge is 2.16. The summed E-state index contributed by atoms with van der Waals surface area (Å²) in [6, 6.07) is 28.2. The second-order valence-corrected chi connectivity index (χ2v) is 7.90. The lowest BCUT2D eigenvalue weighted by Crippen LogP contribution is -2.23. The molecular weight excluding hydrogens is 415 g/mol. The van der Waals surface area contributed by atoms with Crippen molar-refractivity contribution in [3.8, 4) is 16.9 Å². The number of H-pyrrole nitrogens is 1. The number of rotatable bonds is 7. The standard InChI is InChI=1S/C27H23FN4O/c28-22-11-7-8-19(16-22)14-15-29-18-21-17-24-25(20-9-3-1-4-10-20)31-32(26(24)30-27(21)33)23-12-5-2-6-13-23/h1-13,16-17,29H,14-15,18H2,(H,30,33). The van der Waals surface area contributed by atoms with Crippen LogP contribution in [0.25, 0.3) is 28.0 Å². The summed E-state index contributed by atoms with van der Waals surface area (Å²) in [4.78, 5) is 15.9. The maximum atomic E-state index is 13.4. The Bertz CT molecular complexity index is 1440. The van der Waals surface area contributed by atoms with Crippen LogP contribution in [0.3, 0.4) is 0 Å². The fourth-order valence-electron chi connectivity index (χ4n) is 3.96. The van der Waals surface area contributed by atoms with Crippen molar-refractivity contribution < 1.29 is 4.39 Å². The number of halogens is 1. The van der Waals surface area contributed by atoms with E-state index in [0.29, 0.717) is 30.7 Å². The Labute approximate surface area is 190 Å². The van der Waals surface area contributed by atoms with Crippen LogP contribution in [0.5, 0.6) is 0 Å². The van der Waals surface area contributed by atoms with Gasteiger partial charge >= 0.3 is 0 Å². The average Bonchev–Trinajstić information content (AvgIpc) is 3.21. The van der Waals surface area contributed by atoms with Gasteiger partial charge in [-0.15, -0.1) is 0 Å². The van der Waals surface area contributed by atoms with Gasteiger partial charge < -0.3 is 10.3 Å². The van der Waals surface area contributed by atoms with Crippen molar-refractivity contribution in [1.82, 2.24) is 20.1 Å². The first-order valence-electron chi connectivity index (χ1n) is 10.9. The van der Waals surface area contributed by atoms with E-state index >= 15 is 0 Å². The highest BCUT2D eigenvalue weighted by molar-refractivity contribution is 5.92. The first-order chi connectivity index (χ1) is 16.2. The molecule has 6 heteroatoms. The Balaban J connectivity index is 1.47. The minimum atomic E-state index is -0.238. The maximum Gasteiger partial charge on any atom is 0.254 e. The summed E-state index contributed by atoms with van der Waals surface area (Å²) in [6.07, 6.45) is 0.680. The van der Waals surface area contributed by atoms with Crippen LogP contribution in [-0.2, 0) is 13.0 Å². The highest BCUT2D eigenvalue weighted by Crippen LogP contribution is 2.28. The smallest absolute Gasteiger partial charge is 0.254 e. The van der Waals surface area contributed by atoms with E-state index in [1.165, 1.54) is 12.1 Å². The molecule has 164 valence electrons. The van der Waals surface area contributed by atoms with Gasteiger partial charge in [0.05, 0.1) is 5.69 Å². The summed E-state index contributed by atoms with van der Waals surface area (Å²) >= 11 is 0. The average molecular weight is 439 g/mol. The van der Waals surface area contributed by atoms with Gasteiger partial charge in [-0.25, -0.2) is 9.07 Å². The summed E-state index contributed by atoms with van der Waals surface area (Å²) in [6.45, 7) is 1.04. The van der Waals surface area contributed by atoms with Crippen LogP contribution in [0, 0.1) is 5.82 Å². The molecule has 2 aromatic heterocycles. The molecule has 0 atom stereocenters. The number of aromatic amines is 1. The molecule has 3 aromatic carbocycles. The number of nitrogens with one attached hydrogen (secondary N) is 2. The predicted molar refractivity (Wildman–Crippen MR) is 129 cm³/mol. The van der Waals surface area contributed by atoms with Gasteiger partial charge in [-0.05, 0) is 48.9 Å². The summed E-state index contributed by atoms with van der Waals surface area (Å²) in [7, 11) is 0. The van der Waals surface area contributed by atoms with Crippen molar-refractivity contribution in [3.63, 3.8) is 0 Å². The van der Waals surface area contributed by atoms with Crippen molar-refractivity contribution >= 4 is 11.0 Å². The zero-order valence-corrected chi connectivity index (χ0v) is 18.0. The Morgan fingerprint density at radius 2 is 1.67 bits per heavy atom. The Morgan fingerprint density at radius 1 is 0.909 bits per heavy atom. The van der Waals surface area contributed by atoms with Crippen LogP contribution >= 0.6 is 0 Å². The van der Waals surface area contributed by atoms with Crippen LogP contribution in [0.2, 0.25) is 0 Å². The maximum absolute atomic E-state index is 13.4. The summed E-state index contributed by atoms with van der Waals surface area (Å²) < 4.78 is 15.1. The first kappa shape index (κ1) is 20.8. The summed E-state index contributed by atoms with van der Waals surface area (Å²) in [5.74, 6) is -0.238. The van der Waals surface area contributed by atoms with Crippen LogP contribution in [-0.4, -0.2) is 21.3 Å². The number of nitrogens with zero attached hydrogens (tertiary/aromatic N) is 2. The molecule has 0 unspecified atom stereocenters. The fourth-order valence-corrected chi connectivity index (χ4v) is 3.96. The number of pyridine rings is 1. The van der Waals surface area contributed by atoms with Gasteiger partial charge in [0.1, 0.15) is 17.2 Å². The third-order valence-electron chi connectivity index (χ3n) is 5.61. The lowest BCUT2D eigenvalue weighted by atomic mass is 10.1. The predicted octanol–water partition coefficient (Wildman–Crippen LogP) is 4.85. The second kappa shape index (κ2) is 9.22. The molecule has 0 bridgehead atoms. The quantitative estimate of drug-likeness (QED) is 0.357. The lowest BCUT2D eigenvalue weighted by molar-refractivity contribution is 0.622. The molecule has 0 spiro atoms. The molecule has 0 radical (unpaired) electrons. The molecule has 0 aliphatic rings. The molecule has 5 nitrogen and oxygen atoms in total. The summed E-state index contributed by atoms with van der Waals surface area (Å²) in [5, 5.41) is 9.03. The van der Waals surface area contributed by atoms with Crippen LogP contribution in [0.15, 0.2) is 95.8 Å². The van der Waals surface area contributed by atoms with Gasteiger partial charge in [0.2, 0.25) is 0 Å². The molecule has 5 rings (SSSR count). The Hall–Kier alpha value is -4.03. The van der Waals surface area contributed by atoms with Crippen LogP contribution < -0.4 is 10.9 Å². The molecule has 5 aromatic rings. The van der Waals surface area contributed by atoms with E-state index in [9.17, 15) is 9.18 Å². The number of hydrogen-bond donors (Lipinski definition) is 2. The Morgan fingerprint density at radius 3 is 2.42 bits per heavy atom. The van der Waals surface area contributed by atoms with E-state index < -0.39 is 0 Å². The number of benzene rings is 3. The van der Waals surface area contributed by atoms with E-state index in [1.54, 1.807) is 10.7 Å². The van der Waals surface area contributed by atoms with E-state index in [-0.39, 0.29) is 11.4 Å². The minimum Gasteiger partial charge on any atom is -0.312 e. The number of hydrogen-bond acceptors (Lipinski definition) is 3. The normalized spacial score (nSPS) is 11.2. The van der Waals surface area contributed by atoms with Crippen LogP contribution in [0.4, 0.5) is 4.39 Å². The van der Waals surface area contributed by atoms with Gasteiger partial charge in [0.15, 0.2) is 0 Å². The van der Waals surface area contributed by atoms with Gasteiger partial charge in [0, 0.05) is 23.1 Å². The molecule has 0 saturated heterocycles. The van der Waals surface area contributed by atoms with E-state index in [1.807, 2.05) is 72.8 Å². The van der Waals surface area contributed by atoms with Gasteiger partial charge in [-0.2, -0.15) is 5.10 Å². The van der Waals surface area contributed by atoms with Crippen molar-refractivity contribution in [2.24, 2.45) is 0 Å². The third-order valence-corrected chi connectivity index (χ3v) is 5.61. The van der Waals surface area contributed by atoms with E-state index in [2.05, 4.69) is 10.3 Å². The van der Waals surface area contributed by atoms with Crippen molar-refractivity contribution in [3.05, 3.63) is 118 Å². The SMILES string of the molecule is O=c1[nH]c2c(cc1CNCCc1cccc(F)c1)c(-c1ccccc1)nn2-c1ccccc1. The fraction of sp³-hybridized carbons (Fsp3) is 0.111. The first-order valence-corrected chi connectivity index (χ1v) is 10.9. The number of para-hydroxylation sites is 1. The lowest BCUT2D eigenvalue weighted by Gasteiger charge is -2.06. The summed E-state index contributed by atoms with van der Waals surface area (Å²) in [5.41, 5.74) is 4.72. The van der Waals surface area contributed by atoms with Gasteiger partial charge in [-0.1, -0.05) is 60.7 Å². The third kappa shape index (κ3) is 4.47. The number of aromatic nitrogens is 3. The topological polar surface area (TPSA) is 62.7 Å². The van der Waals surface area contributed by atoms with E-state index in [4.69, 9.17) is 5.10 Å². The molecule has 0 saturated carbocycles. The molecule has 33 heavy (non-hydrogen) atoms. The molecular formula is C27H23FN4O. The molecule has 0 fully saturated rings. The molecule has 0 aliphatic carbocycles. The highest BCUT2D eigenvalue weighted by atomic mass is 19.1. The molecule has 0 amide bonds. The van der Waals surface area contributed by atoms with E-state index in [0.717, 1.165) is 27.9 Å². The Kier molecular flexibility index (Phi) is 5.83. The van der Waals surface area contributed by atoms with Crippen molar-refractivity contribution in [2.45, 2.75) is 13.0 Å². The van der Waals surface area contributed by atoms with Crippen molar-refractivity contribution in [2.75, 3.05) is 6.54 Å². The number of fused-ring (bicyclic) bond motifs is 1. The second-order valence-electron chi connectivity index (χ2n) is 7.90. The molecule has 0 aliphatic heterocycles. The van der Waals surface area contributed by atoms with Crippen LogP contribution in [0.1, 0.15) is 11.1 Å². The largest absolute Gasteiger partial charge is 0.312 e. The van der Waals surface area contributed by atoms with Gasteiger partial charge in [0.25, 0.3) is 5.56 Å². The van der Waals surface area contributed by atoms with Gasteiger partial charge in [-0.3, -0.25) is 4.79 Å². The monoisotopic (exact) mass is 438 g/mol.